The molecule has 16 heavy (non-hydrogen) atoms. The molecule has 0 atom stereocenters. The van der Waals surface area contributed by atoms with E-state index in [1.54, 1.807) is 11.8 Å². The van der Waals surface area contributed by atoms with Crippen molar-refractivity contribution in [2.75, 3.05) is 11.1 Å². The highest BCUT2D eigenvalue weighted by atomic mass is 79.9. The number of thioether (sulfide) groups is 1. The summed E-state index contributed by atoms with van der Waals surface area (Å²) < 4.78 is 0. The van der Waals surface area contributed by atoms with Crippen LogP contribution in [0.1, 0.15) is 13.8 Å². The summed E-state index contributed by atoms with van der Waals surface area (Å²) in [5.74, 6) is 1.01. The highest BCUT2D eigenvalue weighted by Gasteiger charge is 2.26. The molecule has 0 heterocycles. The first-order valence-electron chi connectivity index (χ1n) is 4.93. The van der Waals surface area contributed by atoms with E-state index in [0.29, 0.717) is 5.33 Å². The average Bonchev–Trinajstić information content (AvgIpc) is 2.27. The number of carbonyl (C=O) groups excluding carboxylic acids is 1. The Hall–Kier alpha value is 0.01000. The Morgan fingerprint density at radius 3 is 2.44 bits per heavy atom. The van der Waals surface area contributed by atoms with Gasteiger partial charge in [-0.3, -0.25) is 4.79 Å². The number of benzene rings is 1. The molecule has 0 fully saturated rings. The minimum absolute atomic E-state index is 0.231. The van der Waals surface area contributed by atoms with Crippen molar-refractivity contribution in [3.8, 4) is 0 Å². The van der Waals surface area contributed by atoms with Crippen molar-refractivity contribution in [1.29, 1.82) is 0 Å². The van der Waals surface area contributed by atoms with Crippen LogP contribution in [0.25, 0.3) is 0 Å². The molecule has 0 N–H and O–H groups in total. The van der Waals surface area contributed by atoms with E-state index < -0.39 is 0 Å². The van der Waals surface area contributed by atoms with Gasteiger partial charge in [0.2, 0.25) is 0 Å². The van der Waals surface area contributed by atoms with Gasteiger partial charge in [-0.2, -0.15) is 0 Å². The lowest BCUT2D eigenvalue weighted by Gasteiger charge is -2.21. The molecule has 4 heteroatoms. The maximum atomic E-state index is 11.6. The average molecular weight is 322 g/mol. The van der Waals surface area contributed by atoms with Gasteiger partial charge in [-0.1, -0.05) is 41.4 Å². The van der Waals surface area contributed by atoms with E-state index in [0.717, 1.165) is 15.7 Å². The summed E-state index contributed by atoms with van der Waals surface area (Å²) >= 11 is 10.7. The molecule has 0 aromatic heterocycles. The second-order valence-electron chi connectivity index (χ2n) is 4.18. The smallest absolute Gasteiger partial charge is 0.149 e. The van der Waals surface area contributed by atoms with Gasteiger partial charge >= 0.3 is 0 Å². The Morgan fingerprint density at radius 1 is 1.38 bits per heavy atom. The number of Topliss-reactive ketones (excluding diaryl/α,β-unsaturated/α-hetero) is 1. The first-order chi connectivity index (χ1) is 7.45. The van der Waals surface area contributed by atoms with E-state index in [1.807, 2.05) is 38.1 Å². The van der Waals surface area contributed by atoms with Crippen LogP contribution < -0.4 is 0 Å². The van der Waals surface area contributed by atoms with Crippen LogP contribution in [0.4, 0.5) is 0 Å². The standard InChI is InChI=1S/C12H14BrClOS/c1-12(2,11(15)7-13)8-16-10-5-3-9(14)4-6-10/h3-6H,7-8H2,1-2H3. The highest BCUT2D eigenvalue weighted by molar-refractivity contribution is 9.09. The third-order valence-corrected chi connectivity index (χ3v) is 4.52. The molecule has 1 rings (SSSR count). The molecule has 0 radical (unpaired) electrons. The van der Waals surface area contributed by atoms with Crippen molar-refractivity contribution in [3.05, 3.63) is 29.3 Å². The number of rotatable bonds is 5. The SMILES string of the molecule is CC(C)(CSc1ccc(Cl)cc1)C(=O)CBr. The van der Waals surface area contributed by atoms with Crippen molar-refractivity contribution in [1.82, 2.24) is 0 Å². The number of alkyl halides is 1. The summed E-state index contributed by atoms with van der Waals surface area (Å²) in [6, 6.07) is 7.68. The molecule has 0 saturated heterocycles. The van der Waals surface area contributed by atoms with Gasteiger partial charge in [-0.25, -0.2) is 0 Å². The predicted molar refractivity (Wildman–Crippen MR) is 74.8 cm³/mol. The van der Waals surface area contributed by atoms with E-state index in [4.69, 9.17) is 11.6 Å². The Labute approximate surface area is 114 Å². The van der Waals surface area contributed by atoms with E-state index >= 15 is 0 Å². The largest absolute Gasteiger partial charge is 0.298 e. The molecule has 0 aliphatic heterocycles. The Balaban J connectivity index is 2.57. The molecular weight excluding hydrogens is 308 g/mol. The van der Waals surface area contributed by atoms with Crippen molar-refractivity contribution >= 4 is 45.1 Å². The zero-order valence-corrected chi connectivity index (χ0v) is 12.5. The maximum Gasteiger partial charge on any atom is 0.149 e. The van der Waals surface area contributed by atoms with Crippen LogP contribution in [-0.2, 0) is 4.79 Å². The van der Waals surface area contributed by atoms with Crippen LogP contribution in [0, 0.1) is 5.41 Å². The summed E-state index contributed by atoms with van der Waals surface area (Å²) in [6.07, 6.45) is 0. The van der Waals surface area contributed by atoms with Gasteiger partial charge in [0.15, 0.2) is 0 Å². The summed E-state index contributed by atoms with van der Waals surface area (Å²) in [5, 5.41) is 1.15. The van der Waals surface area contributed by atoms with E-state index in [1.165, 1.54) is 0 Å². The van der Waals surface area contributed by atoms with Crippen LogP contribution in [0.3, 0.4) is 0 Å². The predicted octanol–water partition coefficient (Wildman–Crippen LogP) is 4.42. The fourth-order valence-corrected chi connectivity index (χ4v) is 2.96. The molecule has 88 valence electrons. The molecule has 0 amide bonds. The molecule has 1 nitrogen and oxygen atoms in total. The second kappa shape index (κ2) is 6.08. The van der Waals surface area contributed by atoms with Crippen molar-refractivity contribution in [3.63, 3.8) is 0 Å². The molecular formula is C12H14BrClOS. The molecule has 0 aliphatic rings. The van der Waals surface area contributed by atoms with Gasteiger partial charge in [0, 0.05) is 21.1 Å². The van der Waals surface area contributed by atoms with Crippen LogP contribution in [-0.4, -0.2) is 16.9 Å². The number of hydrogen-bond acceptors (Lipinski definition) is 2. The van der Waals surface area contributed by atoms with Gasteiger partial charge in [0.05, 0.1) is 5.33 Å². The molecule has 0 spiro atoms. The molecule has 0 saturated carbocycles. The molecule has 0 unspecified atom stereocenters. The quantitative estimate of drug-likeness (QED) is 0.590. The van der Waals surface area contributed by atoms with Gasteiger partial charge in [-0.05, 0) is 24.3 Å². The Morgan fingerprint density at radius 2 is 1.94 bits per heavy atom. The van der Waals surface area contributed by atoms with Crippen LogP contribution in [0.2, 0.25) is 5.02 Å². The van der Waals surface area contributed by atoms with Crippen LogP contribution in [0.15, 0.2) is 29.2 Å². The minimum Gasteiger partial charge on any atom is -0.298 e. The summed E-state index contributed by atoms with van der Waals surface area (Å²) in [4.78, 5) is 12.8. The third kappa shape index (κ3) is 4.11. The number of hydrogen-bond donors (Lipinski definition) is 0. The topological polar surface area (TPSA) is 17.1 Å². The second-order valence-corrected chi connectivity index (χ2v) is 6.23. The van der Waals surface area contributed by atoms with Crippen LogP contribution >= 0.6 is 39.3 Å². The fraction of sp³-hybridized carbons (Fsp3) is 0.417. The third-order valence-electron chi connectivity index (χ3n) is 2.29. The van der Waals surface area contributed by atoms with E-state index in [2.05, 4.69) is 15.9 Å². The molecule has 1 aromatic rings. The Kier molecular flexibility index (Phi) is 5.35. The summed E-state index contributed by atoms with van der Waals surface area (Å²) in [6.45, 7) is 3.94. The first kappa shape index (κ1) is 14.1. The van der Waals surface area contributed by atoms with Gasteiger partial charge in [0.25, 0.3) is 0 Å². The van der Waals surface area contributed by atoms with Gasteiger partial charge in [-0.15, -0.1) is 11.8 Å². The number of ketones is 1. The summed E-state index contributed by atoms with van der Waals surface area (Å²) in [7, 11) is 0. The number of halogens is 2. The molecule has 1 aromatic carbocycles. The van der Waals surface area contributed by atoms with E-state index in [-0.39, 0.29) is 11.2 Å². The van der Waals surface area contributed by atoms with E-state index in [9.17, 15) is 4.79 Å². The van der Waals surface area contributed by atoms with Crippen molar-refractivity contribution in [2.45, 2.75) is 18.7 Å². The highest BCUT2D eigenvalue weighted by Crippen LogP contribution is 2.29. The van der Waals surface area contributed by atoms with Crippen molar-refractivity contribution < 1.29 is 4.79 Å². The molecule has 0 aliphatic carbocycles. The minimum atomic E-state index is -0.298. The maximum absolute atomic E-state index is 11.6. The molecule has 0 bridgehead atoms. The zero-order chi connectivity index (χ0) is 12.2. The lowest BCUT2D eigenvalue weighted by molar-refractivity contribution is -0.123. The van der Waals surface area contributed by atoms with Gasteiger partial charge < -0.3 is 0 Å². The van der Waals surface area contributed by atoms with Crippen molar-refractivity contribution in [2.24, 2.45) is 5.41 Å². The fourth-order valence-electron chi connectivity index (χ4n) is 1.06. The Bertz CT molecular complexity index is 362. The van der Waals surface area contributed by atoms with Crippen LogP contribution in [0.5, 0.6) is 0 Å². The lowest BCUT2D eigenvalue weighted by atomic mass is 9.92. The first-order valence-corrected chi connectivity index (χ1v) is 7.42. The number of carbonyl (C=O) groups is 1. The lowest BCUT2D eigenvalue weighted by Crippen LogP contribution is -2.27. The monoisotopic (exact) mass is 320 g/mol. The summed E-state index contributed by atoms with van der Waals surface area (Å²) in [5.41, 5.74) is -0.298. The normalized spacial score (nSPS) is 11.5. The zero-order valence-electron chi connectivity index (χ0n) is 9.30. The van der Waals surface area contributed by atoms with Gasteiger partial charge in [0.1, 0.15) is 5.78 Å².